The summed E-state index contributed by atoms with van der Waals surface area (Å²) < 4.78 is 5.06. The highest BCUT2D eigenvalue weighted by molar-refractivity contribution is 7.11. The van der Waals surface area contributed by atoms with Crippen molar-refractivity contribution in [2.24, 2.45) is 5.92 Å². The first-order valence-corrected chi connectivity index (χ1v) is 7.01. The Kier molecular flexibility index (Phi) is 5.41. The maximum atomic E-state index is 11.6. The Bertz CT molecular complexity index is 421. The minimum absolute atomic E-state index is 0.119. The van der Waals surface area contributed by atoms with Crippen LogP contribution in [0.15, 0.2) is 18.0 Å². The van der Waals surface area contributed by atoms with Crippen molar-refractivity contribution >= 4 is 28.7 Å². The summed E-state index contributed by atoms with van der Waals surface area (Å²) in [5.41, 5.74) is 1.84. The van der Waals surface area contributed by atoms with Gasteiger partial charge in [-0.15, -0.1) is 11.3 Å². The molecule has 0 saturated carbocycles. The molecule has 4 heteroatoms. The van der Waals surface area contributed by atoms with Crippen LogP contribution in [0.2, 0.25) is 0 Å². The normalized spacial score (nSPS) is 10.8. The molecule has 1 aromatic rings. The highest BCUT2D eigenvalue weighted by atomic mass is 32.1. The van der Waals surface area contributed by atoms with Crippen molar-refractivity contribution in [3.05, 3.63) is 22.9 Å². The summed E-state index contributed by atoms with van der Waals surface area (Å²) in [6, 6.07) is 1.88. The molecule has 1 aromatic heterocycles. The molecule has 0 unspecified atom stereocenters. The third kappa shape index (κ3) is 4.53. The highest BCUT2D eigenvalue weighted by Gasteiger charge is 2.13. The molecule has 3 nitrogen and oxygen atoms in total. The Morgan fingerprint density at radius 1 is 1.44 bits per heavy atom. The van der Waals surface area contributed by atoms with E-state index in [4.69, 9.17) is 4.74 Å². The van der Waals surface area contributed by atoms with Crippen LogP contribution in [0.4, 0.5) is 10.5 Å². The third-order valence-electron chi connectivity index (χ3n) is 2.22. The van der Waals surface area contributed by atoms with Gasteiger partial charge < -0.3 is 4.74 Å². The van der Waals surface area contributed by atoms with Crippen LogP contribution < -0.4 is 5.32 Å². The lowest BCUT2D eigenvalue weighted by Gasteiger charge is -2.12. The number of amides is 1. The second-order valence-corrected chi connectivity index (χ2v) is 5.86. The smallest absolute Gasteiger partial charge is 0.411 e. The molecule has 0 aliphatic rings. The number of carbonyl (C=O) groups is 1. The quantitative estimate of drug-likeness (QED) is 0.835. The van der Waals surface area contributed by atoms with Crippen LogP contribution in [0, 0.1) is 5.92 Å². The Balaban J connectivity index is 2.71. The van der Waals surface area contributed by atoms with Crippen LogP contribution in [0.5, 0.6) is 0 Å². The fraction of sp³-hybridized carbons (Fsp3) is 0.500. The van der Waals surface area contributed by atoms with E-state index >= 15 is 0 Å². The van der Waals surface area contributed by atoms with Crippen LogP contribution in [-0.4, -0.2) is 12.2 Å². The van der Waals surface area contributed by atoms with Gasteiger partial charge in [0.15, 0.2) is 0 Å². The van der Waals surface area contributed by atoms with Gasteiger partial charge in [0.2, 0.25) is 0 Å². The molecule has 1 heterocycles. The lowest BCUT2D eigenvalue weighted by Crippen LogP contribution is -2.18. The Labute approximate surface area is 113 Å². The van der Waals surface area contributed by atoms with Gasteiger partial charge in [0.25, 0.3) is 0 Å². The zero-order valence-corrected chi connectivity index (χ0v) is 12.3. The molecule has 0 saturated heterocycles. The van der Waals surface area contributed by atoms with E-state index in [2.05, 4.69) is 25.7 Å². The largest absolute Gasteiger partial charge is 0.447 e. The minimum Gasteiger partial charge on any atom is -0.447 e. The van der Waals surface area contributed by atoms with E-state index in [0.717, 1.165) is 22.6 Å². The molecule has 0 radical (unpaired) electrons. The molecule has 0 aliphatic heterocycles. The van der Waals surface area contributed by atoms with Crippen molar-refractivity contribution in [2.75, 3.05) is 5.32 Å². The van der Waals surface area contributed by atoms with Crippen molar-refractivity contribution in [3.63, 3.8) is 0 Å². The fourth-order valence-corrected chi connectivity index (χ4v) is 2.46. The van der Waals surface area contributed by atoms with Crippen molar-refractivity contribution < 1.29 is 9.53 Å². The van der Waals surface area contributed by atoms with Crippen LogP contribution in [0.1, 0.15) is 39.0 Å². The van der Waals surface area contributed by atoms with Gasteiger partial charge in [-0.05, 0) is 43.2 Å². The van der Waals surface area contributed by atoms with Crippen LogP contribution >= 0.6 is 11.3 Å². The predicted molar refractivity (Wildman–Crippen MR) is 78.0 cm³/mol. The number of ether oxygens (including phenoxy) is 1. The highest BCUT2D eigenvalue weighted by Crippen LogP contribution is 2.32. The number of anilines is 1. The van der Waals surface area contributed by atoms with Gasteiger partial charge in [-0.1, -0.05) is 20.4 Å². The van der Waals surface area contributed by atoms with E-state index in [1.54, 1.807) is 11.3 Å². The average Bonchev–Trinajstić information content (AvgIpc) is 2.62. The maximum Gasteiger partial charge on any atom is 0.411 e. The Morgan fingerprint density at radius 2 is 2.11 bits per heavy atom. The molecular weight excluding hydrogens is 246 g/mol. The van der Waals surface area contributed by atoms with Gasteiger partial charge in [-0.2, -0.15) is 0 Å². The van der Waals surface area contributed by atoms with Crippen molar-refractivity contribution in [1.29, 1.82) is 0 Å². The molecule has 0 bridgehead atoms. The second-order valence-electron chi connectivity index (χ2n) is 4.94. The van der Waals surface area contributed by atoms with Gasteiger partial charge >= 0.3 is 6.09 Å². The molecule has 0 fully saturated rings. The van der Waals surface area contributed by atoms with Crippen LogP contribution in [0.25, 0.3) is 5.57 Å². The van der Waals surface area contributed by atoms with Crippen molar-refractivity contribution in [1.82, 2.24) is 0 Å². The topological polar surface area (TPSA) is 38.3 Å². The van der Waals surface area contributed by atoms with E-state index in [9.17, 15) is 4.79 Å². The summed E-state index contributed by atoms with van der Waals surface area (Å²) in [4.78, 5) is 12.6. The molecule has 1 amide bonds. The van der Waals surface area contributed by atoms with Crippen molar-refractivity contribution in [3.8, 4) is 0 Å². The van der Waals surface area contributed by atoms with E-state index < -0.39 is 6.09 Å². The zero-order chi connectivity index (χ0) is 13.7. The molecule has 0 aliphatic carbocycles. The summed E-state index contributed by atoms with van der Waals surface area (Å²) in [5, 5.41) is 4.71. The summed E-state index contributed by atoms with van der Waals surface area (Å²) in [7, 11) is 0. The maximum absolute atomic E-state index is 11.6. The Hall–Kier alpha value is -1.29. The number of thiophene rings is 1. The minimum atomic E-state index is -0.415. The number of hydrogen-bond acceptors (Lipinski definition) is 3. The average molecular weight is 267 g/mol. The number of rotatable bonds is 5. The summed E-state index contributed by atoms with van der Waals surface area (Å²) >= 11 is 1.59. The third-order valence-corrected chi connectivity index (χ3v) is 3.24. The number of hydrogen-bond donors (Lipinski definition) is 1. The summed E-state index contributed by atoms with van der Waals surface area (Å²) in [5.74, 6) is 0.551. The van der Waals surface area contributed by atoms with Gasteiger partial charge in [0, 0.05) is 0 Å². The van der Waals surface area contributed by atoms with E-state index in [-0.39, 0.29) is 6.10 Å². The first-order chi connectivity index (χ1) is 8.40. The molecule has 0 atom stereocenters. The molecule has 1 N–H and O–H groups in total. The molecule has 100 valence electrons. The lowest BCUT2D eigenvalue weighted by molar-refractivity contribution is 0.130. The van der Waals surface area contributed by atoms with E-state index in [1.807, 2.05) is 25.3 Å². The molecule has 0 aromatic carbocycles. The van der Waals surface area contributed by atoms with Gasteiger partial charge in [-0.25, -0.2) is 4.79 Å². The monoisotopic (exact) mass is 267 g/mol. The van der Waals surface area contributed by atoms with Crippen LogP contribution in [-0.2, 0) is 4.74 Å². The summed E-state index contributed by atoms with van der Waals surface area (Å²) in [6.07, 6.45) is 0.391. The number of nitrogens with one attached hydrogen (secondary N) is 1. The van der Waals surface area contributed by atoms with Gasteiger partial charge in [-0.3, -0.25) is 5.32 Å². The van der Waals surface area contributed by atoms with Crippen LogP contribution in [0.3, 0.4) is 0 Å². The fourth-order valence-electron chi connectivity index (χ4n) is 1.62. The molecule has 18 heavy (non-hydrogen) atoms. The lowest BCUT2D eigenvalue weighted by atomic mass is 10.0. The second kappa shape index (κ2) is 6.59. The number of carbonyl (C=O) groups excluding carboxylic acids is 1. The summed E-state index contributed by atoms with van der Waals surface area (Å²) in [6.45, 7) is 12.0. The van der Waals surface area contributed by atoms with E-state index in [1.165, 1.54) is 0 Å². The zero-order valence-electron chi connectivity index (χ0n) is 11.4. The molecule has 1 rings (SSSR count). The first-order valence-electron chi connectivity index (χ1n) is 6.13. The van der Waals surface area contributed by atoms with Gasteiger partial charge in [0.1, 0.15) is 0 Å². The van der Waals surface area contributed by atoms with Gasteiger partial charge in [0.05, 0.1) is 16.7 Å². The Morgan fingerprint density at radius 3 is 2.67 bits per heavy atom. The standard InChI is InChI=1S/C14H21NO2S/c1-9(2)8-11(5)13-12(6-7-18-13)15-14(16)17-10(3)4/h6-7,9-10H,5,8H2,1-4H3,(H,15,16). The molecule has 0 spiro atoms. The SMILES string of the molecule is C=C(CC(C)C)c1sccc1NC(=O)OC(C)C. The number of allylic oxidation sites excluding steroid dienone is 1. The predicted octanol–water partition coefficient (Wildman–Crippen LogP) is 4.76. The molecular formula is C14H21NO2S. The first kappa shape index (κ1) is 14.8. The van der Waals surface area contributed by atoms with E-state index in [0.29, 0.717) is 5.92 Å². The van der Waals surface area contributed by atoms with Crippen molar-refractivity contribution in [2.45, 2.75) is 40.2 Å².